The fourth-order valence-electron chi connectivity index (χ4n) is 1.65. The van der Waals surface area contributed by atoms with Crippen LogP contribution in [0.2, 0.25) is 5.02 Å². The molecule has 1 nitrogen and oxygen atoms in total. The minimum Gasteiger partial charge on any atom is -0.396 e. The largest absolute Gasteiger partial charge is 0.396 e. The lowest BCUT2D eigenvalue weighted by Crippen LogP contribution is -2.10. The number of hydrogen-bond acceptors (Lipinski definition) is 1. The maximum atomic E-state index is 12.8. The van der Waals surface area contributed by atoms with Crippen molar-refractivity contribution in [2.75, 3.05) is 6.61 Å². The minimum absolute atomic E-state index is 0.0567. The van der Waals surface area contributed by atoms with E-state index in [1.165, 1.54) is 6.07 Å². The van der Waals surface area contributed by atoms with E-state index in [-0.39, 0.29) is 22.9 Å². The summed E-state index contributed by atoms with van der Waals surface area (Å²) in [4.78, 5) is 0. The van der Waals surface area contributed by atoms with Gasteiger partial charge in [0.15, 0.2) is 0 Å². The maximum absolute atomic E-state index is 12.8. The molecule has 0 aliphatic heterocycles. The van der Waals surface area contributed by atoms with Gasteiger partial charge in [0.05, 0.1) is 5.02 Å². The molecule has 3 heteroatoms. The average Bonchev–Trinajstić information content (AvgIpc) is 2.93. The molecule has 0 atom stereocenters. The number of aliphatic hydroxyl groups is 1. The first kappa shape index (κ1) is 9.94. The molecule has 1 fully saturated rings. The molecule has 0 radical (unpaired) electrons. The average molecular weight is 215 g/mol. The Morgan fingerprint density at radius 1 is 1.43 bits per heavy atom. The van der Waals surface area contributed by atoms with Crippen molar-refractivity contribution in [3.05, 3.63) is 34.6 Å². The Hall–Kier alpha value is -0.600. The summed E-state index contributed by atoms with van der Waals surface area (Å²) in [5.74, 6) is -0.385. The van der Waals surface area contributed by atoms with Crippen molar-refractivity contribution in [2.45, 2.75) is 19.3 Å². The maximum Gasteiger partial charge on any atom is 0.141 e. The number of benzene rings is 1. The molecule has 1 N–H and O–H groups in total. The monoisotopic (exact) mass is 214 g/mol. The minimum atomic E-state index is -0.385. The van der Waals surface area contributed by atoms with Crippen LogP contribution < -0.4 is 0 Å². The molecule has 0 saturated heterocycles. The van der Waals surface area contributed by atoms with Crippen LogP contribution in [-0.2, 0) is 6.42 Å². The standard InChI is InChI=1S/C11H12ClFO/c12-9-5-8(1-2-10(9)13)6-11(7-14)3-4-11/h1-2,5,14H,3-4,6-7H2. The first-order valence-electron chi connectivity index (χ1n) is 4.70. The van der Waals surface area contributed by atoms with Crippen LogP contribution in [0.5, 0.6) is 0 Å². The summed E-state index contributed by atoms with van der Waals surface area (Å²) in [6.45, 7) is 0.210. The molecule has 1 aromatic carbocycles. The third kappa shape index (κ3) is 1.91. The number of hydrogen-bond donors (Lipinski definition) is 1. The third-order valence-electron chi connectivity index (χ3n) is 2.86. The quantitative estimate of drug-likeness (QED) is 0.821. The van der Waals surface area contributed by atoms with Gasteiger partial charge >= 0.3 is 0 Å². The molecular weight excluding hydrogens is 203 g/mol. The zero-order valence-electron chi connectivity index (χ0n) is 7.76. The Bertz CT molecular complexity index is 347. The molecular formula is C11H12ClFO. The van der Waals surface area contributed by atoms with E-state index in [2.05, 4.69) is 0 Å². The van der Waals surface area contributed by atoms with Gasteiger partial charge in [-0.3, -0.25) is 0 Å². The van der Waals surface area contributed by atoms with E-state index in [1.54, 1.807) is 12.1 Å². The van der Waals surface area contributed by atoms with Gasteiger partial charge in [-0.15, -0.1) is 0 Å². The first-order chi connectivity index (χ1) is 6.65. The number of aliphatic hydroxyl groups excluding tert-OH is 1. The molecule has 0 aromatic heterocycles. The van der Waals surface area contributed by atoms with E-state index in [4.69, 9.17) is 16.7 Å². The molecule has 0 spiro atoms. The molecule has 1 aromatic rings. The second kappa shape index (κ2) is 3.52. The highest BCUT2D eigenvalue weighted by Crippen LogP contribution is 2.47. The zero-order chi connectivity index (χ0) is 10.2. The molecule has 2 rings (SSSR count). The first-order valence-corrected chi connectivity index (χ1v) is 5.08. The van der Waals surface area contributed by atoms with Gasteiger partial charge in [-0.1, -0.05) is 17.7 Å². The van der Waals surface area contributed by atoms with E-state index < -0.39 is 0 Å². The van der Waals surface area contributed by atoms with Crippen molar-refractivity contribution in [1.82, 2.24) is 0 Å². The molecule has 76 valence electrons. The van der Waals surface area contributed by atoms with E-state index in [1.807, 2.05) is 0 Å². The van der Waals surface area contributed by atoms with Crippen molar-refractivity contribution in [3.8, 4) is 0 Å². The molecule has 1 saturated carbocycles. The number of rotatable bonds is 3. The fourth-order valence-corrected chi connectivity index (χ4v) is 1.85. The van der Waals surface area contributed by atoms with Crippen LogP contribution in [-0.4, -0.2) is 11.7 Å². The van der Waals surface area contributed by atoms with Crippen LogP contribution in [0, 0.1) is 11.2 Å². The lowest BCUT2D eigenvalue weighted by molar-refractivity contribution is 0.211. The van der Waals surface area contributed by atoms with Gasteiger partial charge in [-0.25, -0.2) is 4.39 Å². The van der Waals surface area contributed by atoms with Crippen LogP contribution in [0.25, 0.3) is 0 Å². The highest BCUT2D eigenvalue weighted by molar-refractivity contribution is 6.30. The van der Waals surface area contributed by atoms with E-state index in [0.29, 0.717) is 0 Å². The SMILES string of the molecule is OCC1(Cc2ccc(F)c(Cl)c2)CC1. The Kier molecular flexibility index (Phi) is 2.50. The summed E-state index contributed by atoms with van der Waals surface area (Å²) in [7, 11) is 0. The predicted octanol–water partition coefficient (Wildman–Crippen LogP) is 2.79. The summed E-state index contributed by atoms with van der Waals surface area (Å²) in [6, 6.07) is 4.76. The van der Waals surface area contributed by atoms with Crippen molar-refractivity contribution in [1.29, 1.82) is 0 Å². The summed E-state index contributed by atoms with van der Waals surface area (Å²) in [6.07, 6.45) is 2.90. The van der Waals surface area contributed by atoms with Gasteiger partial charge in [-0.05, 0) is 42.4 Å². The van der Waals surface area contributed by atoms with Crippen LogP contribution in [0.3, 0.4) is 0 Å². The van der Waals surface area contributed by atoms with E-state index in [9.17, 15) is 4.39 Å². The van der Waals surface area contributed by atoms with Gasteiger partial charge in [0, 0.05) is 6.61 Å². The molecule has 0 bridgehead atoms. The molecule has 1 aliphatic rings. The van der Waals surface area contributed by atoms with Crippen molar-refractivity contribution in [2.24, 2.45) is 5.41 Å². The van der Waals surface area contributed by atoms with Crippen LogP contribution in [0.4, 0.5) is 4.39 Å². The second-order valence-electron chi connectivity index (χ2n) is 4.08. The van der Waals surface area contributed by atoms with Crippen LogP contribution in [0.15, 0.2) is 18.2 Å². The lowest BCUT2D eigenvalue weighted by Gasteiger charge is -2.11. The zero-order valence-corrected chi connectivity index (χ0v) is 8.52. The summed E-state index contributed by atoms with van der Waals surface area (Å²) in [5, 5.41) is 9.30. The Balaban J connectivity index is 2.14. The predicted molar refractivity (Wildman–Crippen MR) is 53.9 cm³/mol. The third-order valence-corrected chi connectivity index (χ3v) is 3.15. The van der Waals surface area contributed by atoms with Gasteiger partial charge in [-0.2, -0.15) is 0 Å². The smallest absolute Gasteiger partial charge is 0.141 e. The second-order valence-corrected chi connectivity index (χ2v) is 4.49. The Morgan fingerprint density at radius 2 is 2.14 bits per heavy atom. The Morgan fingerprint density at radius 3 is 2.64 bits per heavy atom. The summed E-state index contributed by atoms with van der Waals surface area (Å²) >= 11 is 5.67. The molecule has 14 heavy (non-hydrogen) atoms. The molecule has 0 heterocycles. The highest BCUT2D eigenvalue weighted by atomic mass is 35.5. The summed E-state index contributed by atoms with van der Waals surface area (Å²) in [5.41, 5.74) is 1.06. The van der Waals surface area contributed by atoms with Gasteiger partial charge in [0.1, 0.15) is 5.82 Å². The fraction of sp³-hybridized carbons (Fsp3) is 0.455. The molecule has 1 aliphatic carbocycles. The van der Waals surface area contributed by atoms with Gasteiger partial charge < -0.3 is 5.11 Å². The van der Waals surface area contributed by atoms with Gasteiger partial charge in [0.25, 0.3) is 0 Å². The van der Waals surface area contributed by atoms with Crippen molar-refractivity contribution < 1.29 is 9.50 Å². The number of halogens is 2. The van der Waals surface area contributed by atoms with Crippen molar-refractivity contribution >= 4 is 11.6 Å². The Labute approximate surface area is 87.5 Å². The van der Waals surface area contributed by atoms with Crippen molar-refractivity contribution in [3.63, 3.8) is 0 Å². The summed E-state index contributed by atoms with van der Waals surface area (Å²) < 4.78 is 12.8. The van der Waals surface area contributed by atoms with Crippen LogP contribution >= 0.6 is 11.6 Å². The topological polar surface area (TPSA) is 20.2 Å². The van der Waals surface area contributed by atoms with Crippen LogP contribution in [0.1, 0.15) is 18.4 Å². The molecule has 0 amide bonds. The highest BCUT2D eigenvalue weighted by Gasteiger charge is 2.41. The lowest BCUT2D eigenvalue weighted by atomic mass is 9.97. The van der Waals surface area contributed by atoms with E-state index in [0.717, 1.165) is 24.8 Å². The molecule has 0 unspecified atom stereocenters. The van der Waals surface area contributed by atoms with Gasteiger partial charge in [0.2, 0.25) is 0 Å². The van der Waals surface area contributed by atoms with E-state index >= 15 is 0 Å². The normalized spacial score (nSPS) is 18.2.